The summed E-state index contributed by atoms with van der Waals surface area (Å²) in [5, 5.41) is 3.61. The largest absolute Gasteiger partial charge is 0.378 e. The molecule has 3 nitrogen and oxygen atoms in total. The Morgan fingerprint density at radius 3 is 2.55 bits per heavy atom. The molecule has 114 valence electrons. The number of amides is 1. The van der Waals surface area contributed by atoms with Crippen LogP contribution in [0.5, 0.6) is 0 Å². The molecule has 1 aliphatic rings. The van der Waals surface area contributed by atoms with Gasteiger partial charge in [0.25, 0.3) is 0 Å². The maximum Gasteiger partial charge on any atom is 0.226 e. The number of nitrogens with zero attached hydrogens (tertiary/aromatic N) is 1. The summed E-state index contributed by atoms with van der Waals surface area (Å²) in [6.45, 7) is 4.05. The molecule has 0 aliphatic carbocycles. The van der Waals surface area contributed by atoms with Crippen molar-refractivity contribution in [3.63, 3.8) is 0 Å². The fraction of sp³-hybridized carbons (Fsp3) is 0.316. The molecular formula is C19H22N2O. The van der Waals surface area contributed by atoms with Gasteiger partial charge in [0.05, 0.1) is 6.04 Å². The van der Waals surface area contributed by atoms with E-state index >= 15 is 0 Å². The summed E-state index contributed by atoms with van der Waals surface area (Å²) in [5.41, 5.74) is 3.36. The highest BCUT2D eigenvalue weighted by Gasteiger charge is 2.32. The number of benzene rings is 2. The normalized spacial score (nSPS) is 20.4. The van der Waals surface area contributed by atoms with Gasteiger partial charge in [-0.3, -0.25) is 4.79 Å². The molecule has 1 amide bonds. The van der Waals surface area contributed by atoms with Gasteiger partial charge in [-0.2, -0.15) is 0 Å². The second kappa shape index (κ2) is 6.22. The topological polar surface area (TPSA) is 32.3 Å². The summed E-state index contributed by atoms with van der Waals surface area (Å²) >= 11 is 0. The zero-order valence-electron chi connectivity index (χ0n) is 13.1. The van der Waals surface area contributed by atoms with E-state index in [1.807, 2.05) is 42.2 Å². The van der Waals surface area contributed by atoms with Gasteiger partial charge in [-0.1, -0.05) is 43.3 Å². The van der Waals surface area contributed by atoms with Crippen molar-refractivity contribution in [2.45, 2.75) is 38.8 Å². The first-order chi connectivity index (χ1) is 10.7. The minimum absolute atomic E-state index is 0.193. The minimum atomic E-state index is 0.193. The Balaban J connectivity index is 1.95. The molecule has 2 aromatic rings. The van der Waals surface area contributed by atoms with Crippen molar-refractivity contribution in [2.75, 3.05) is 10.2 Å². The van der Waals surface area contributed by atoms with Gasteiger partial charge in [0, 0.05) is 23.8 Å². The number of anilines is 2. The van der Waals surface area contributed by atoms with Crippen molar-refractivity contribution in [1.82, 2.24) is 0 Å². The number of rotatable bonds is 3. The van der Waals surface area contributed by atoms with E-state index in [-0.39, 0.29) is 18.0 Å². The van der Waals surface area contributed by atoms with Crippen molar-refractivity contribution in [2.24, 2.45) is 0 Å². The molecular weight excluding hydrogens is 272 g/mol. The molecule has 0 saturated heterocycles. The van der Waals surface area contributed by atoms with E-state index in [0.717, 1.165) is 17.8 Å². The first-order valence-corrected chi connectivity index (χ1v) is 7.93. The Labute approximate surface area is 132 Å². The van der Waals surface area contributed by atoms with Crippen LogP contribution in [0.4, 0.5) is 11.4 Å². The molecule has 0 fully saturated rings. The fourth-order valence-corrected chi connectivity index (χ4v) is 3.24. The van der Waals surface area contributed by atoms with E-state index < -0.39 is 0 Å². The predicted molar refractivity (Wildman–Crippen MR) is 91.1 cm³/mol. The van der Waals surface area contributed by atoms with Gasteiger partial charge in [-0.05, 0) is 37.1 Å². The van der Waals surface area contributed by atoms with Crippen LogP contribution in [0.1, 0.15) is 38.3 Å². The zero-order valence-corrected chi connectivity index (χ0v) is 13.1. The van der Waals surface area contributed by atoms with Crippen LogP contribution in [0.2, 0.25) is 0 Å². The van der Waals surface area contributed by atoms with E-state index in [1.165, 1.54) is 5.56 Å². The Bertz CT molecular complexity index is 653. The summed E-state index contributed by atoms with van der Waals surface area (Å²) in [4.78, 5) is 14.3. The summed E-state index contributed by atoms with van der Waals surface area (Å²) in [6, 6.07) is 18.9. The maximum absolute atomic E-state index is 12.3. The van der Waals surface area contributed by atoms with E-state index in [0.29, 0.717) is 6.42 Å². The lowest BCUT2D eigenvalue weighted by molar-refractivity contribution is -0.118. The van der Waals surface area contributed by atoms with Crippen LogP contribution in [0.25, 0.3) is 0 Å². The first kappa shape index (κ1) is 14.6. The van der Waals surface area contributed by atoms with E-state index in [1.54, 1.807) is 0 Å². The van der Waals surface area contributed by atoms with Gasteiger partial charge in [0.2, 0.25) is 5.91 Å². The standard InChI is InChI=1S/C19H22N2O/c1-3-19(22)21-14(2)13-17(16-11-7-8-12-18(16)21)20-15-9-5-4-6-10-15/h4-12,14,17,20H,3,13H2,1-2H3/t14-,17+/m0/s1. The van der Waals surface area contributed by atoms with Gasteiger partial charge in [0.15, 0.2) is 0 Å². The average molecular weight is 294 g/mol. The Hall–Kier alpha value is -2.29. The summed E-state index contributed by atoms with van der Waals surface area (Å²) in [7, 11) is 0. The molecule has 3 heteroatoms. The van der Waals surface area contributed by atoms with Crippen molar-refractivity contribution in [1.29, 1.82) is 0 Å². The van der Waals surface area contributed by atoms with Crippen LogP contribution in [-0.2, 0) is 4.79 Å². The molecule has 0 unspecified atom stereocenters. The molecule has 0 aromatic heterocycles. The van der Waals surface area contributed by atoms with Crippen molar-refractivity contribution in [3.05, 3.63) is 60.2 Å². The lowest BCUT2D eigenvalue weighted by atomic mass is 9.91. The molecule has 0 spiro atoms. The molecule has 0 radical (unpaired) electrons. The highest BCUT2D eigenvalue weighted by atomic mass is 16.2. The highest BCUT2D eigenvalue weighted by Crippen LogP contribution is 2.39. The van der Waals surface area contributed by atoms with Gasteiger partial charge in [-0.25, -0.2) is 0 Å². The number of carbonyl (C=O) groups excluding carboxylic acids is 1. The third-order valence-electron chi connectivity index (χ3n) is 4.28. The first-order valence-electron chi connectivity index (χ1n) is 7.93. The van der Waals surface area contributed by atoms with Crippen LogP contribution < -0.4 is 10.2 Å². The monoisotopic (exact) mass is 294 g/mol. The second-order valence-corrected chi connectivity index (χ2v) is 5.82. The second-order valence-electron chi connectivity index (χ2n) is 5.82. The van der Waals surface area contributed by atoms with Gasteiger partial charge in [0.1, 0.15) is 0 Å². The summed E-state index contributed by atoms with van der Waals surface area (Å²) in [6.07, 6.45) is 1.45. The molecule has 1 N–H and O–H groups in total. The van der Waals surface area contributed by atoms with Crippen molar-refractivity contribution in [3.8, 4) is 0 Å². The highest BCUT2D eigenvalue weighted by molar-refractivity contribution is 5.95. The van der Waals surface area contributed by atoms with E-state index in [2.05, 4.69) is 36.5 Å². The smallest absolute Gasteiger partial charge is 0.226 e. The number of fused-ring (bicyclic) bond motifs is 1. The number of nitrogens with one attached hydrogen (secondary N) is 1. The zero-order chi connectivity index (χ0) is 15.5. The molecule has 0 bridgehead atoms. The number of carbonyl (C=O) groups is 1. The van der Waals surface area contributed by atoms with Gasteiger partial charge < -0.3 is 10.2 Å². The number of hydrogen-bond donors (Lipinski definition) is 1. The number of hydrogen-bond acceptors (Lipinski definition) is 2. The van der Waals surface area contributed by atoms with Crippen LogP contribution in [0.3, 0.4) is 0 Å². The van der Waals surface area contributed by atoms with Crippen LogP contribution >= 0.6 is 0 Å². The fourth-order valence-electron chi connectivity index (χ4n) is 3.24. The lowest BCUT2D eigenvalue weighted by Crippen LogP contribution is -2.44. The van der Waals surface area contributed by atoms with Crippen LogP contribution in [-0.4, -0.2) is 11.9 Å². The van der Waals surface area contributed by atoms with E-state index in [4.69, 9.17) is 0 Å². The van der Waals surface area contributed by atoms with Gasteiger partial charge >= 0.3 is 0 Å². The molecule has 3 rings (SSSR count). The third-order valence-corrected chi connectivity index (χ3v) is 4.28. The van der Waals surface area contributed by atoms with Crippen molar-refractivity contribution < 1.29 is 4.79 Å². The Kier molecular flexibility index (Phi) is 4.14. The summed E-state index contributed by atoms with van der Waals surface area (Å²) in [5.74, 6) is 0.193. The summed E-state index contributed by atoms with van der Waals surface area (Å²) < 4.78 is 0. The maximum atomic E-state index is 12.3. The van der Waals surface area contributed by atoms with Crippen molar-refractivity contribution >= 4 is 17.3 Å². The Morgan fingerprint density at radius 2 is 1.82 bits per heavy atom. The minimum Gasteiger partial charge on any atom is -0.378 e. The SMILES string of the molecule is CCC(=O)N1c2ccccc2[C@H](Nc2ccccc2)C[C@@H]1C. The molecule has 2 atom stereocenters. The van der Waals surface area contributed by atoms with E-state index in [9.17, 15) is 4.79 Å². The average Bonchev–Trinajstić information content (AvgIpc) is 2.55. The number of para-hydroxylation sites is 2. The molecule has 22 heavy (non-hydrogen) atoms. The quantitative estimate of drug-likeness (QED) is 0.911. The molecule has 1 aliphatic heterocycles. The third kappa shape index (κ3) is 2.71. The van der Waals surface area contributed by atoms with Crippen LogP contribution in [0, 0.1) is 0 Å². The predicted octanol–water partition coefficient (Wildman–Crippen LogP) is 4.38. The lowest BCUT2D eigenvalue weighted by Gasteiger charge is -2.40. The van der Waals surface area contributed by atoms with Crippen LogP contribution in [0.15, 0.2) is 54.6 Å². The molecule has 2 aromatic carbocycles. The Morgan fingerprint density at radius 1 is 1.14 bits per heavy atom. The molecule has 0 saturated carbocycles. The molecule has 1 heterocycles. The van der Waals surface area contributed by atoms with Gasteiger partial charge in [-0.15, -0.1) is 0 Å².